The first-order valence-electron chi connectivity index (χ1n) is 11.3. The van der Waals surface area contributed by atoms with Crippen LogP contribution < -0.4 is 5.32 Å². The summed E-state index contributed by atoms with van der Waals surface area (Å²) in [6.07, 6.45) is 1.32. The number of ether oxygens (including phenoxy) is 1. The molecule has 1 N–H and O–H groups in total. The Bertz CT molecular complexity index is 926. The summed E-state index contributed by atoms with van der Waals surface area (Å²) in [7, 11) is 1.61. The number of methoxy groups -OCH3 is 1. The van der Waals surface area contributed by atoms with Crippen molar-refractivity contribution in [3.8, 4) is 0 Å². The number of nitrogens with zero attached hydrogens (tertiary/aromatic N) is 3. The molecule has 2 aliphatic rings. The summed E-state index contributed by atoms with van der Waals surface area (Å²) in [5.41, 5.74) is 0. The van der Waals surface area contributed by atoms with Gasteiger partial charge in [0.1, 0.15) is 6.04 Å². The minimum atomic E-state index is -0.580. The molecule has 0 aromatic carbocycles. The summed E-state index contributed by atoms with van der Waals surface area (Å²) in [5, 5.41) is 7.06. The molecule has 2 aliphatic heterocycles. The number of rotatable bonds is 7. The van der Waals surface area contributed by atoms with Crippen LogP contribution in [0.5, 0.6) is 0 Å². The highest BCUT2D eigenvalue weighted by Crippen LogP contribution is 2.29. The molecule has 10 heteroatoms. The summed E-state index contributed by atoms with van der Waals surface area (Å²) in [4.78, 5) is 46.9. The molecule has 4 rings (SSSR count). The molecule has 4 heterocycles. The van der Waals surface area contributed by atoms with Crippen molar-refractivity contribution in [3.63, 3.8) is 0 Å². The van der Waals surface area contributed by atoms with Crippen LogP contribution in [0.15, 0.2) is 35.0 Å². The molecule has 3 amide bonds. The maximum atomic E-state index is 13.6. The van der Waals surface area contributed by atoms with Crippen LogP contribution in [0.4, 0.5) is 0 Å². The van der Waals surface area contributed by atoms with Crippen molar-refractivity contribution >= 4 is 40.4 Å². The Balaban J connectivity index is 1.60. The zero-order valence-electron chi connectivity index (χ0n) is 18.8. The van der Waals surface area contributed by atoms with Crippen molar-refractivity contribution in [1.29, 1.82) is 0 Å². The molecule has 178 valence electrons. The number of carbonyl (C=O) groups is 3. The van der Waals surface area contributed by atoms with E-state index in [4.69, 9.17) is 4.74 Å². The largest absolute Gasteiger partial charge is 0.383 e. The van der Waals surface area contributed by atoms with Crippen LogP contribution in [0, 0.1) is 0 Å². The first-order chi connectivity index (χ1) is 16.1. The van der Waals surface area contributed by atoms with Gasteiger partial charge in [-0.1, -0.05) is 12.1 Å². The third-order valence-corrected chi connectivity index (χ3v) is 7.89. The predicted molar refractivity (Wildman–Crippen MR) is 129 cm³/mol. The Kier molecular flexibility index (Phi) is 8.13. The van der Waals surface area contributed by atoms with Crippen LogP contribution in [-0.2, 0) is 9.53 Å². The van der Waals surface area contributed by atoms with Crippen LogP contribution in [0.25, 0.3) is 0 Å². The number of hydrogen-bond donors (Lipinski definition) is 1. The predicted octanol–water partition coefficient (Wildman–Crippen LogP) is 2.00. The van der Waals surface area contributed by atoms with E-state index in [1.807, 2.05) is 33.9 Å². The van der Waals surface area contributed by atoms with Gasteiger partial charge in [0, 0.05) is 39.8 Å². The number of amides is 3. The summed E-state index contributed by atoms with van der Waals surface area (Å²) < 4.78 is 5.26. The van der Waals surface area contributed by atoms with Crippen molar-refractivity contribution in [2.75, 3.05) is 53.0 Å². The first-order valence-corrected chi connectivity index (χ1v) is 13.0. The van der Waals surface area contributed by atoms with Crippen molar-refractivity contribution < 1.29 is 19.1 Å². The van der Waals surface area contributed by atoms with Crippen molar-refractivity contribution in [1.82, 2.24) is 20.0 Å². The van der Waals surface area contributed by atoms with E-state index >= 15 is 0 Å². The molecule has 0 aliphatic carbocycles. The van der Waals surface area contributed by atoms with Crippen molar-refractivity contribution in [2.24, 2.45) is 0 Å². The lowest BCUT2D eigenvalue weighted by atomic mass is 10.1. The van der Waals surface area contributed by atoms with Gasteiger partial charge in [-0.05, 0) is 42.3 Å². The topological polar surface area (TPSA) is 82.2 Å². The number of carbonyl (C=O) groups excluding carboxylic acids is 3. The molecule has 2 aromatic rings. The fourth-order valence-electron chi connectivity index (χ4n) is 4.50. The van der Waals surface area contributed by atoms with Gasteiger partial charge >= 0.3 is 0 Å². The van der Waals surface area contributed by atoms with Gasteiger partial charge in [0.05, 0.1) is 22.4 Å². The number of hydrogen-bond acceptors (Lipinski definition) is 7. The molecule has 2 fully saturated rings. The molecule has 2 unspecified atom stereocenters. The molecule has 2 atom stereocenters. The maximum Gasteiger partial charge on any atom is 0.264 e. The van der Waals surface area contributed by atoms with Crippen LogP contribution in [0.1, 0.15) is 32.2 Å². The molecular formula is C23H30N4O4S2. The van der Waals surface area contributed by atoms with E-state index in [2.05, 4.69) is 5.32 Å². The minimum Gasteiger partial charge on any atom is -0.383 e. The van der Waals surface area contributed by atoms with E-state index in [1.54, 1.807) is 23.0 Å². The molecule has 2 aromatic heterocycles. The minimum absolute atomic E-state index is 0.0265. The van der Waals surface area contributed by atoms with Crippen molar-refractivity contribution in [3.05, 3.63) is 44.8 Å². The summed E-state index contributed by atoms with van der Waals surface area (Å²) >= 11 is 2.77. The Morgan fingerprint density at radius 1 is 1.12 bits per heavy atom. The number of likely N-dealkylation sites (tertiary alicyclic amines) is 1. The average molecular weight is 491 g/mol. The van der Waals surface area contributed by atoms with Crippen molar-refractivity contribution in [2.45, 2.75) is 24.9 Å². The standard InChI is InChI=1S/C23H30N4O4S2/c1-31-12-11-26(22(29)19-5-2-13-32-19)17-15-18(21(28)25-9-4-7-24-8-10-25)27(16-17)23(30)20-6-3-14-33-20/h2-3,5-6,13-14,17-18,24H,4,7-12,15-16H2,1H3. The third-order valence-electron chi connectivity index (χ3n) is 6.18. The monoisotopic (exact) mass is 490 g/mol. The van der Waals surface area contributed by atoms with Crippen LogP contribution >= 0.6 is 22.7 Å². The average Bonchev–Trinajstić information content (AvgIpc) is 3.58. The van der Waals surface area contributed by atoms with Gasteiger partial charge < -0.3 is 24.8 Å². The maximum absolute atomic E-state index is 13.6. The highest BCUT2D eigenvalue weighted by Gasteiger charge is 2.44. The van der Waals surface area contributed by atoms with Gasteiger partial charge in [-0.25, -0.2) is 0 Å². The molecule has 8 nitrogen and oxygen atoms in total. The van der Waals surface area contributed by atoms with Gasteiger partial charge in [0.15, 0.2) is 0 Å². The zero-order valence-corrected chi connectivity index (χ0v) is 20.4. The lowest BCUT2D eigenvalue weighted by Gasteiger charge is -2.29. The second-order valence-corrected chi connectivity index (χ2v) is 10.1. The Morgan fingerprint density at radius 2 is 1.88 bits per heavy atom. The lowest BCUT2D eigenvalue weighted by Crippen LogP contribution is -2.48. The van der Waals surface area contributed by atoms with Gasteiger partial charge in [-0.15, -0.1) is 22.7 Å². The number of thiophene rings is 2. The van der Waals surface area contributed by atoms with E-state index in [0.717, 1.165) is 19.5 Å². The zero-order chi connectivity index (χ0) is 23.2. The fourth-order valence-corrected chi connectivity index (χ4v) is 5.86. The second-order valence-electron chi connectivity index (χ2n) is 8.24. The highest BCUT2D eigenvalue weighted by atomic mass is 32.1. The van der Waals surface area contributed by atoms with Crippen LogP contribution in [0.3, 0.4) is 0 Å². The molecule has 0 radical (unpaired) electrons. The Hall–Kier alpha value is -2.27. The van der Waals surface area contributed by atoms with E-state index in [1.165, 1.54) is 22.7 Å². The third kappa shape index (κ3) is 5.46. The summed E-state index contributed by atoms with van der Waals surface area (Å²) in [6, 6.07) is 6.46. The normalized spacial score (nSPS) is 21.1. The molecule has 33 heavy (non-hydrogen) atoms. The lowest BCUT2D eigenvalue weighted by molar-refractivity contribution is -0.135. The quantitative estimate of drug-likeness (QED) is 0.642. The van der Waals surface area contributed by atoms with E-state index in [-0.39, 0.29) is 23.8 Å². The molecule has 0 spiro atoms. The first kappa shape index (κ1) is 23.9. The van der Waals surface area contributed by atoms with Gasteiger partial charge in [-0.2, -0.15) is 0 Å². The van der Waals surface area contributed by atoms with E-state index < -0.39 is 6.04 Å². The van der Waals surface area contributed by atoms with Crippen LogP contribution in [0.2, 0.25) is 0 Å². The second kappa shape index (κ2) is 11.2. The van der Waals surface area contributed by atoms with E-state index in [0.29, 0.717) is 49.0 Å². The van der Waals surface area contributed by atoms with Gasteiger partial charge in [0.2, 0.25) is 5.91 Å². The molecule has 0 bridgehead atoms. The molecule has 2 saturated heterocycles. The fraction of sp³-hybridized carbons (Fsp3) is 0.522. The number of nitrogens with one attached hydrogen (secondary N) is 1. The summed E-state index contributed by atoms with van der Waals surface area (Å²) in [5.74, 6) is -0.252. The molecular weight excluding hydrogens is 460 g/mol. The van der Waals surface area contributed by atoms with E-state index in [9.17, 15) is 14.4 Å². The Labute approximate surface area is 202 Å². The van der Waals surface area contributed by atoms with Crippen LogP contribution in [-0.4, -0.2) is 97.5 Å². The SMILES string of the molecule is COCCN(C(=O)c1cccs1)C1CC(C(=O)N2CCCNCC2)N(C(=O)c2cccs2)C1. The molecule has 0 saturated carbocycles. The summed E-state index contributed by atoms with van der Waals surface area (Å²) in [6.45, 7) is 4.07. The van der Waals surface area contributed by atoms with Gasteiger partial charge in [-0.3, -0.25) is 14.4 Å². The smallest absolute Gasteiger partial charge is 0.264 e. The van der Waals surface area contributed by atoms with Gasteiger partial charge in [0.25, 0.3) is 11.8 Å². The highest BCUT2D eigenvalue weighted by molar-refractivity contribution is 7.12. The Morgan fingerprint density at radius 3 is 2.58 bits per heavy atom.